The van der Waals surface area contributed by atoms with E-state index in [2.05, 4.69) is 96.0 Å². The molecule has 0 aromatic carbocycles. The summed E-state index contributed by atoms with van der Waals surface area (Å²) in [6, 6.07) is 0. The number of carbonyl (C=O) groups is 2. The number of rotatable bonds is 8. The van der Waals surface area contributed by atoms with Crippen LogP contribution in [0.25, 0.3) is 0 Å². The monoisotopic (exact) mass is 774 g/mol. The molecule has 4 nitrogen and oxygen atoms in total. The van der Waals surface area contributed by atoms with Crippen molar-refractivity contribution in [3.63, 3.8) is 0 Å². The minimum atomic E-state index is 0.0185. The maximum absolute atomic E-state index is 10.0. The van der Waals surface area contributed by atoms with Gasteiger partial charge in [-0.1, -0.05) is 70.0 Å². The van der Waals surface area contributed by atoms with Crippen LogP contribution in [-0.2, 0) is 9.59 Å². The summed E-state index contributed by atoms with van der Waals surface area (Å²) < 4.78 is 2.33. The molecule has 0 rings (SSSR count). The van der Waals surface area contributed by atoms with Crippen molar-refractivity contribution in [2.75, 3.05) is 0 Å². The zero-order valence-electron chi connectivity index (χ0n) is 29.4. The van der Waals surface area contributed by atoms with Crippen LogP contribution < -0.4 is 0 Å². The molecule has 0 heterocycles. The van der Waals surface area contributed by atoms with E-state index in [1.54, 1.807) is 32.9 Å². The Hall–Kier alpha value is -2.44. The van der Waals surface area contributed by atoms with Crippen LogP contribution >= 0.6 is 24.4 Å². The van der Waals surface area contributed by atoms with Gasteiger partial charge in [0.1, 0.15) is 0 Å². The number of carbonyl (C=O) groups excluding carboxylic acids is 2. The Kier molecular flexibility index (Phi) is 62.1. The molecule has 8 heteroatoms. The van der Waals surface area contributed by atoms with Crippen molar-refractivity contribution in [1.82, 2.24) is 0 Å². The normalized spacial score (nSPS) is 7.18. The van der Waals surface area contributed by atoms with Crippen LogP contribution in [0, 0.1) is 10.8 Å². The van der Waals surface area contributed by atoms with Crippen LogP contribution in [0.1, 0.15) is 83.1 Å². The molecule has 0 aliphatic carbocycles. The molecule has 0 saturated carbocycles. The molecule has 0 spiro atoms. The van der Waals surface area contributed by atoms with E-state index >= 15 is 0 Å². The maximum atomic E-state index is 10.0. The van der Waals surface area contributed by atoms with Crippen molar-refractivity contribution in [3.8, 4) is 0 Å². The Morgan fingerprint density at radius 2 is 0.750 bits per heavy atom. The molecule has 0 amide bonds. The van der Waals surface area contributed by atoms with Gasteiger partial charge in [-0.15, -0.1) is 0 Å². The summed E-state index contributed by atoms with van der Waals surface area (Å²) in [5.41, 5.74) is 4.66. The number of thiocarbonyl (C=S) groups is 2. The number of nitrogens with one attached hydrogen (secondary N) is 2. The molecule has 0 aromatic rings. The fraction of sp³-hybridized carbons (Fsp3) is 0.333. The minimum absolute atomic E-state index is 0.0185. The zero-order chi connectivity index (χ0) is 37.8. The fourth-order valence-electron chi connectivity index (χ4n) is 0. The van der Waals surface area contributed by atoms with Gasteiger partial charge in [-0.05, 0) is 91.2 Å². The molecule has 2 N–H and O–H groups in total. The van der Waals surface area contributed by atoms with Gasteiger partial charge in [0.2, 0.25) is 0 Å². The molecule has 0 fully saturated rings. The van der Waals surface area contributed by atoms with Gasteiger partial charge in [0.25, 0.3) is 0 Å². The molecule has 0 aromatic heterocycles. The van der Waals surface area contributed by atoms with E-state index < -0.39 is 0 Å². The summed E-state index contributed by atoms with van der Waals surface area (Å²) >= 11 is 14.9. The van der Waals surface area contributed by atoms with Gasteiger partial charge in [0.15, 0.2) is 11.6 Å². The van der Waals surface area contributed by atoms with E-state index in [1.807, 2.05) is 48.5 Å². The average molecular weight is 773 g/mol. The van der Waals surface area contributed by atoms with E-state index in [9.17, 15) is 9.59 Å². The zero-order valence-corrected chi connectivity index (χ0v) is 34.5. The van der Waals surface area contributed by atoms with Crippen molar-refractivity contribution in [2.24, 2.45) is 0 Å². The van der Waals surface area contributed by atoms with Crippen molar-refractivity contribution in [2.45, 2.75) is 83.1 Å². The molecular weight excluding hydrogens is 714 g/mol. The second-order valence-electron chi connectivity index (χ2n) is 8.75. The van der Waals surface area contributed by atoms with Crippen molar-refractivity contribution < 1.29 is 9.59 Å². The third-order valence-corrected chi connectivity index (χ3v) is 5.21. The Bertz CT molecular complexity index is 848. The molecule has 0 aliphatic heterocycles. The molecule has 0 radical (unpaired) electrons. The topological polar surface area (TPSA) is 81.8 Å². The van der Waals surface area contributed by atoms with Crippen molar-refractivity contribution in [1.29, 1.82) is 10.8 Å². The van der Waals surface area contributed by atoms with Crippen LogP contribution in [0.2, 0.25) is 0 Å². The number of hydrogen-bond acceptors (Lipinski definition) is 6. The van der Waals surface area contributed by atoms with Gasteiger partial charge in [0, 0.05) is 21.2 Å². The van der Waals surface area contributed by atoms with Crippen LogP contribution in [0.3, 0.4) is 0 Å². The summed E-state index contributed by atoms with van der Waals surface area (Å²) in [5.74, 6) is 0.0833. The van der Waals surface area contributed by atoms with Crippen molar-refractivity contribution in [3.05, 3.63) is 99.2 Å². The van der Waals surface area contributed by atoms with Gasteiger partial charge in [-0.3, -0.25) is 9.59 Å². The molecule has 0 bridgehead atoms. The van der Waals surface area contributed by atoms with E-state index in [-0.39, 0.29) is 11.6 Å². The Balaban J connectivity index is -0.0000000562. The van der Waals surface area contributed by atoms with E-state index in [0.29, 0.717) is 17.0 Å². The summed E-state index contributed by atoms with van der Waals surface area (Å²) in [6.45, 7) is 49.1. The van der Waals surface area contributed by atoms with Gasteiger partial charge < -0.3 is 10.8 Å². The van der Waals surface area contributed by atoms with Crippen molar-refractivity contribution >= 4 is 97.1 Å². The first-order valence-electron chi connectivity index (χ1n) is 12.9. The standard InChI is InChI=1S/C5H9N.C5H8O.C5H8S.C5H8Se.C4H7N.C4H6O.C4H6S.C4H6Se/c4*1-4(2)5(3)6;4*1-3-4(2)5/h6H,1H2,2-3H3;3*1H2,2-3H3;3,5H,1H2,2H3;3*3H,1H2,2H3. The van der Waals surface area contributed by atoms with Crippen LogP contribution in [0.15, 0.2) is 99.2 Å². The second kappa shape index (κ2) is 45.0. The van der Waals surface area contributed by atoms with Gasteiger partial charge in [-0.2, -0.15) is 0 Å². The van der Waals surface area contributed by atoms with Crippen LogP contribution in [0.5, 0.6) is 0 Å². The predicted molar refractivity (Wildman–Crippen MR) is 218 cm³/mol. The predicted octanol–water partition coefficient (Wildman–Crippen LogP) is 9.70. The molecular formula is C36H58N2O2S2Se2. The average Bonchev–Trinajstić information content (AvgIpc) is 2.90. The quantitative estimate of drug-likeness (QED) is 0.112. The molecule has 0 atom stereocenters. The second-order valence-corrected chi connectivity index (χ2v) is 12.6. The Labute approximate surface area is 298 Å². The summed E-state index contributed by atoms with van der Waals surface area (Å²) in [6.07, 6.45) is 6.20. The molecule has 0 unspecified atom stereocenters. The first-order chi connectivity index (χ1) is 19.7. The number of hydrogen-bond donors (Lipinski definition) is 2. The summed E-state index contributed by atoms with van der Waals surface area (Å²) in [5, 5.41) is 13.5. The molecule has 248 valence electrons. The third-order valence-electron chi connectivity index (χ3n) is 3.61. The molecule has 0 aliphatic rings. The summed E-state index contributed by atoms with van der Waals surface area (Å²) in [4.78, 5) is 21.5. The number of allylic oxidation sites excluding steroid dienone is 8. The number of ketones is 2. The third kappa shape index (κ3) is 127. The van der Waals surface area contributed by atoms with Gasteiger partial charge in [0.05, 0.1) is 0 Å². The van der Waals surface area contributed by atoms with Gasteiger partial charge >= 0.3 is 85.6 Å². The SMILES string of the molecule is C=C(C)C(C)=N.C=C(C)C(C)=O.C=C(C)C(C)=S.C=C(C)C(C)=[Se].C=CC(C)=N.C=CC(C)=O.C=CC(C)=S.C=CC(C)=[Se]. The number of Topliss-reactive ketones (excluding diaryl/α,β-unsaturated/α-hetero) is 1. The molecule has 0 saturated heterocycles. The molecule has 44 heavy (non-hydrogen) atoms. The van der Waals surface area contributed by atoms with Gasteiger partial charge in [-0.25, -0.2) is 0 Å². The first-order valence-corrected chi connectivity index (χ1v) is 15.5. The van der Waals surface area contributed by atoms with Crippen LogP contribution in [0.4, 0.5) is 0 Å². The first kappa shape index (κ1) is 60.7. The van der Waals surface area contributed by atoms with E-state index in [1.165, 1.54) is 30.4 Å². The van der Waals surface area contributed by atoms with E-state index in [4.69, 9.17) is 23.0 Å². The summed E-state index contributed by atoms with van der Waals surface area (Å²) in [7, 11) is 0. The Morgan fingerprint density at radius 1 is 0.568 bits per heavy atom. The van der Waals surface area contributed by atoms with Crippen LogP contribution in [-0.4, -0.2) is 72.7 Å². The fourth-order valence-corrected chi connectivity index (χ4v) is 0. The Morgan fingerprint density at radius 3 is 0.750 bits per heavy atom. The van der Waals surface area contributed by atoms with E-state index in [0.717, 1.165) is 30.9 Å².